The molecule has 0 aliphatic rings. The van der Waals surface area contributed by atoms with E-state index in [0.29, 0.717) is 32.5 Å². The van der Waals surface area contributed by atoms with Crippen molar-refractivity contribution in [2.75, 3.05) is 46.9 Å². The fourth-order valence-corrected chi connectivity index (χ4v) is 7.54. The van der Waals surface area contributed by atoms with Crippen LogP contribution in [-0.4, -0.2) is 99.4 Å². The van der Waals surface area contributed by atoms with Gasteiger partial charge in [-0.3, -0.25) is 28.8 Å². The van der Waals surface area contributed by atoms with Crippen molar-refractivity contribution >= 4 is 35.5 Å². The zero-order valence-corrected chi connectivity index (χ0v) is 42.3. The van der Waals surface area contributed by atoms with Gasteiger partial charge in [-0.25, -0.2) is 0 Å². The molecule has 0 fully saturated rings. The highest BCUT2D eigenvalue weighted by atomic mass is 16.5. The average molecular weight is 919 g/mol. The van der Waals surface area contributed by atoms with Crippen molar-refractivity contribution in [1.29, 1.82) is 0 Å². The molecule has 0 radical (unpaired) electrons. The molecule has 0 aromatic carbocycles. The van der Waals surface area contributed by atoms with Crippen LogP contribution in [0.25, 0.3) is 0 Å². The number of nitrogens with one attached hydrogen (secondary N) is 5. The molecule has 0 bridgehead atoms. The first-order chi connectivity index (χ1) is 31.5. The van der Waals surface area contributed by atoms with Gasteiger partial charge in [0.1, 0.15) is 18.7 Å². The Hall–Kier alpha value is -3.48. The Morgan fingerprint density at radius 3 is 1.45 bits per heavy atom. The Morgan fingerprint density at radius 2 is 0.908 bits per heavy atom. The summed E-state index contributed by atoms with van der Waals surface area (Å²) in [7, 11) is 3.84. The van der Waals surface area contributed by atoms with Crippen LogP contribution >= 0.6 is 0 Å². The van der Waals surface area contributed by atoms with Gasteiger partial charge in [0.05, 0.1) is 6.42 Å². The summed E-state index contributed by atoms with van der Waals surface area (Å²) < 4.78 is 5.28. The lowest BCUT2D eigenvalue weighted by Gasteiger charge is -2.21. The molecule has 2 atom stereocenters. The number of esters is 1. The van der Waals surface area contributed by atoms with E-state index in [1.165, 1.54) is 109 Å². The number of hydrogen-bond donors (Lipinski definition) is 5. The van der Waals surface area contributed by atoms with Crippen molar-refractivity contribution in [1.82, 2.24) is 31.5 Å². The molecular formula is C52H98N6O7. The number of carbonyl (C=O) groups excluding carboxylic acids is 6. The maximum absolute atomic E-state index is 13.4. The van der Waals surface area contributed by atoms with E-state index in [-0.39, 0.29) is 63.0 Å². The molecule has 0 saturated carbocycles. The van der Waals surface area contributed by atoms with Crippen molar-refractivity contribution in [2.24, 2.45) is 0 Å². The Labute approximate surface area is 396 Å². The van der Waals surface area contributed by atoms with Gasteiger partial charge in [-0.15, -0.1) is 0 Å². The summed E-state index contributed by atoms with van der Waals surface area (Å²) in [6.07, 6.45) is 34.2. The minimum absolute atomic E-state index is 0.0121. The van der Waals surface area contributed by atoms with E-state index in [9.17, 15) is 28.8 Å². The van der Waals surface area contributed by atoms with Gasteiger partial charge in [-0.1, -0.05) is 168 Å². The molecule has 0 aliphatic carbocycles. The Morgan fingerprint density at radius 1 is 0.462 bits per heavy atom. The number of hydrogen-bond acceptors (Lipinski definition) is 8. The molecule has 378 valence electrons. The lowest BCUT2D eigenvalue weighted by atomic mass is 10.1. The molecule has 0 spiro atoms. The SMILES string of the molecule is CCCCCC/C=C\COC(=O)CCCNC(=O)C(CCC(=O)NC(CC(=O)NCCCCCCCCCCCC)C(=O)NCCCCCCCCCCCC)NC(=O)CCCN(C)C. The number of amides is 5. The quantitative estimate of drug-likeness (QED) is 0.0228. The minimum Gasteiger partial charge on any atom is -0.461 e. The first-order valence-corrected chi connectivity index (χ1v) is 26.4. The van der Waals surface area contributed by atoms with Gasteiger partial charge in [0.2, 0.25) is 29.5 Å². The molecule has 13 heteroatoms. The summed E-state index contributed by atoms with van der Waals surface area (Å²) >= 11 is 0. The first-order valence-electron chi connectivity index (χ1n) is 26.4. The maximum Gasteiger partial charge on any atom is 0.306 e. The third-order valence-electron chi connectivity index (χ3n) is 11.6. The molecule has 2 unspecified atom stereocenters. The summed E-state index contributed by atoms with van der Waals surface area (Å²) in [5, 5.41) is 14.2. The number of carbonyl (C=O) groups is 6. The monoisotopic (exact) mass is 919 g/mol. The third kappa shape index (κ3) is 41.7. The minimum atomic E-state index is -1.08. The van der Waals surface area contributed by atoms with Crippen molar-refractivity contribution in [3.8, 4) is 0 Å². The van der Waals surface area contributed by atoms with Crippen LogP contribution in [-0.2, 0) is 33.5 Å². The van der Waals surface area contributed by atoms with Crippen LogP contribution in [0.5, 0.6) is 0 Å². The predicted molar refractivity (Wildman–Crippen MR) is 266 cm³/mol. The predicted octanol–water partition coefficient (Wildman–Crippen LogP) is 9.51. The highest BCUT2D eigenvalue weighted by molar-refractivity contribution is 5.92. The fourth-order valence-electron chi connectivity index (χ4n) is 7.54. The largest absolute Gasteiger partial charge is 0.461 e. The van der Waals surface area contributed by atoms with Gasteiger partial charge in [0, 0.05) is 38.9 Å². The number of rotatable bonds is 46. The summed E-state index contributed by atoms with van der Waals surface area (Å²) in [5.74, 6) is -2.34. The molecule has 0 rings (SSSR count). The lowest BCUT2D eigenvalue weighted by Crippen LogP contribution is -2.50. The van der Waals surface area contributed by atoms with Gasteiger partial charge in [0.15, 0.2) is 0 Å². The Bertz CT molecular complexity index is 1250. The van der Waals surface area contributed by atoms with E-state index in [0.717, 1.165) is 51.4 Å². The number of ether oxygens (including phenoxy) is 1. The summed E-state index contributed by atoms with van der Waals surface area (Å²) in [4.78, 5) is 80.4. The van der Waals surface area contributed by atoms with Crippen molar-refractivity contribution in [3.05, 3.63) is 12.2 Å². The second kappa shape index (κ2) is 45.7. The van der Waals surface area contributed by atoms with Gasteiger partial charge < -0.3 is 36.2 Å². The number of nitrogens with zero attached hydrogens (tertiary/aromatic N) is 1. The normalized spacial score (nSPS) is 12.2. The van der Waals surface area contributed by atoms with Gasteiger partial charge in [-0.05, 0) is 65.6 Å². The maximum atomic E-state index is 13.4. The van der Waals surface area contributed by atoms with Crippen LogP contribution in [0.2, 0.25) is 0 Å². The van der Waals surface area contributed by atoms with E-state index in [2.05, 4.69) is 47.4 Å². The van der Waals surface area contributed by atoms with Crippen molar-refractivity contribution in [2.45, 2.75) is 238 Å². The van der Waals surface area contributed by atoms with Gasteiger partial charge in [0.25, 0.3) is 0 Å². The highest BCUT2D eigenvalue weighted by Crippen LogP contribution is 2.12. The van der Waals surface area contributed by atoms with E-state index in [1.54, 1.807) is 0 Å². The first kappa shape index (κ1) is 61.5. The van der Waals surface area contributed by atoms with Gasteiger partial charge in [-0.2, -0.15) is 0 Å². The van der Waals surface area contributed by atoms with Crippen LogP contribution in [0.1, 0.15) is 226 Å². The molecule has 13 nitrogen and oxygen atoms in total. The van der Waals surface area contributed by atoms with Crippen molar-refractivity contribution in [3.63, 3.8) is 0 Å². The number of unbranched alkanes of at least 4 members (excludes halogenated alkanes) is 22. The van der Waals surface area contributed by atoms with E-state index < -0.39 is 29.8 Å². The number of allylic oxidation sites excluding steroid dienone is 1. The molecule has 5 N–H and O–H groups in total. The average Bonchev–Trinajstić information content (AvgIpc) is 3.27. The molecule has 0 saturated heterocycles. The summed E-state index contributed by atoms with van der Waals surface area (Å²) in [5.41, 5.74) is 0. The van der Waals surface area contributed by atoms with E-state index in [4.69, 9.17) is 4.74 Å². The molecular weight excluding hydrogens is 821 g/mol. The molecule has 5 amide bonds. The lowest BCUT2D eigenvalue weighted by molar-refractivity contribution is -0.142. The standard InChI is InChI=1S/C52H98N6O7/c1-6-9-12-15-18-20-22-24-27-30-39-53-49(61)44-46(52(64)54-40-31-28-25-23-21-19-16-13-10-7-2)57-48(60)38-37-45(56-47(59)35-34-42-58(4)5)51(63)55-41-33-36-50(62)65-43-32-29-26-17-14-11-8-3/h29,32,45-46H,6-28,30-31,33-44H2,1-5H3,(H,53,61)(H,54,64)(H,55,63)(H,56,59)(H,57,60)/b32-29-. The third-order valence-corrected chi connectivity index (χ3v) is 11.6. The fraction of sp³-hybridized carbons (Fsp3) is 0.846. The zero-order valence-electron chi connectivity index (χ0n) is 42.3. The van der Waals surface area contributed by atoms with Crippen LogP contribution < -0.4 is 26.6 Å². The second-order valence-corrected chi connectivity index (χ2v) is 18.3. The van der Waals surface area contributed by atoms with E-state index in [1.807, 2.05) is 31.1 Å². The zero-order chi connectivity index (χ0) is 48.0. The van der Waals surface area contributed by atoms with Crippen molar-refractivity contribution < 1.29 is 33.5 Å². The second-order valence-electron chi connectivity index (χ2n) is 18.3. The highest BCUT2D eigenvalue weighted by Gasteiger charge is 2.26. The van der Waals surface area contributed by atoms with Crippen LogP contribution in [0.3, 0.4) is 0 Å². The Balaban J connectivity index is 5.26. The molecule has 65 heavy (non-hydrogen) atoms. The van der Waals surface area contributed by atoms with Gasteiger partial charge >= 0.3 is 5.97 Å². The molecule has 0 aliphatic heterocycles. The van der Waals surface area contributed by atoms with Crippen LogP contribution in [0.15, 0.2) is 12.2 Å². The van der Waals surface area contributed by atoms with Crippen LogP contribution in [0.4, 0.5) is 0 Å². The molecule has 0 aromatic heterocycles. The van der Waals surface area contributed by atoms with Crippen LogP contribution in [0, 0.1) is 0 Å². The summed E-state index contributed by atoms with van der Waals surface area (Å²) in [6, 6.07) is -2.08. The molecule has 0 aromatic rings. The van der Waals surface area contributed by atoms with E-state index >= 15 is 0 Å². The summed E-state index contributed by atoms with van der Waals surface area (Å²) in [6.45, 7) is 8.71. The smallest absolute Gasteiger partial charge is 0.306 e. The Kier molecular flexibility index (Phi) is 43.2. The topological polar surface area (TPSA) is 175 Å². The molecule has 0 heterocycles.